The maximum Gasteiger partial charge on any atom is 0.409 e. The van der Waals surface area contributed by atoms with Gasteiger partial charge in [-0.15, -0.1) is 0 Å². The van der Waals surface area contributed by atoms with Gasteiger partial charge >= 0.3 is 6.09 Å². The van der Waals surface area contributed by atoms with Gasteiger partial charge in [-0.3, -0.25) is 4.79 Å². The fraction of sp³-hybridized carbons (Fsp3) is 0.364. The molecule has 1 saturated heterocycles. The second-order valence-electron chi connectivity index (χ2n) is 7.42. The number of nitrogens with zero attached hydrogens (tertiary/aromatic N) is 2. The predicted molar refractivity (Wildman–Crippen MR) is 117 cm³/mol. The van der Waals surface area contributed by atoms with Crippen LogP contribution in [0.15, 0.2) is 42.5 Å². The zero-order valence-corrected chi connectivity index (χ0v) is 18.1. The van der Waals surface area contributed by atoms with E-state index in [9.17, 15) is 9.59 Å². The summed E-state index contributed by atoms with van der Waals surface area (Å²) in [5.41, 5.74) is 2.36. The number of likely N-dealkylation sites (tertiary alicyclic amines) is 1. The maximum atomic E-state index is 13.3. The van der Waals surface area contributed by atoms with Crippen LogP contribution in [0.2, 0.25) is 10.0 Å². The van der Waals surface area contributed by atoms with Crippen molar-refractivity contribution in [1.82, 2.24) is 9.80 Å². The van der Waals surface area contributed by atoms with Crippen molar-refractivity contribution < 1.29 is 14.3 Å². The van der Waals surface area contributed by atoms with Crippen molar-refractivity contribution in [2.24, 2.45) is 0 Å². The van der Waals surface area contributed by atoms with E-state index >= 15 is 0 Å². The first kappa shape index (κ1) is 20.8. The number of carbonyl (C=O) groups is 2. The summed E-state index contributed by atoms with van der Waals surface area (Å²) in [6, 6.07) is 12.9. The van der Waals surface area contributed by atoms with Crippen LogP contribution >= 0.6 is 23.2 Å². The van der Waals surface area contributed by atoms with Gasteiger partial charge in [0, 0.05) is 46.0 Å². The summed E-state index contributed by atoms with van der Waals surface area (Å²) in [7, 11) is 0. The molecule has 1 N–H and O–H groups in total. The molecule has 1 fully saturated rings. The average Bonchev–Trinajstić information content (AvgIpc) is 2.99. The van der Waals surface area contributed by atoms with Crippen LogP contribution in [0.25, 0.3) is 0 Å². The number of anilines is 1. The Morgan fingerprint density at radius 2 is 1.80 bits per heavy atom. The Morgan fingerprint density at radius 1 is 1.13 bits per heavy atom. The number of fused-ring (bicyclic) bond motifs is 1. The van der Waals surface area contributed by atoms with Crippen LogP contribution in [0.5, 0.6) is 0 Å². The van der Waals surface area contributed by atoms with Gasteiger partial charge in [-0.25, -0.2) is 4.79 Å². The minimum atomic E-state index is -0.331. The quantitative estimate of drug-likeness (QED) is 0.700. The van der Waals surface area contributed by atoms with Crippen LogP contribution in [0.3, 0.4) is 0 Å². The van der Waals surface area contributed by atoms with Crippen LogP contribution in [0, 0.1) is 0 Å². The SMILES string of the molecule is CCOC(=O)N1CCC(N2C(=O)c3ccccc3[C@H]2Nc2cc(Cl)cc(Cl)c2)CC1. The first-order chi connectivity index (χ1) is 14.5. The Balaban J connectivity index is 1.58. The number of hydrogen-bond donors (Lipinski definition) is 1. The van der Waals surface area contributed by atoms with E-state index in [0.29, 0.717) is 48.1 Å². The van der Waals surface area contributed by atoms with Crippen LogP contribution in [0.1, 0.15) is 41.9 Å². The van der Waals surface area contributed by atoms with Gasteiger partial charge in [-0.2, -0.15) is 0 Å². The lowest BCUT2D eigenvalue weighted by molar-refractivity contribution is 0.0496. The predicted octanol–water partition coefficient (Wildman–Crippen LogP) is 5.18. The molecule has 4 rings (SSSR count). The third-order valence-electron chi connectivity index (χ3n) is 5.55. The zero-order chi connectivity index (χ0) is 21.3. The minimum absolute atomic E-state index is 0.00253. The van der Waals surface area contributed by atoms with Crippen LogP contribution in [0.4, 0.5) is 10.5 Å². The van der Waals surface area contributed by atoms with Crippen molar-refractivity contribution in [3.05, 3.63) is 63.6 Å². The summed E-state index contributed by atoms with van der Waals surface area (Å²) in [6.45, 7) is 3.26. The summed E-state index contributed by atoms with van der Waals surface area (Å²) in [6.07, 6.45) is 0.748. The molecule has 2 aromatic carbocycles. The molecule has 2 amide bonds. The third-order valence-corrected chi connectivity index (χ3v) is 5.98. The van der Waals surface area contributed by atoms with Crippen molar-refractivity contribution >= 4 is 40.9 Å². The van der Waals surface area contributed by atoms with Crippen LogP contribution in [-0.2, 0) is 4.74 Å². The van der Waals surface area contributed by atoms with Gasteiger partial charge in [0.2, 0.25) is 0 Å². The lowest BCUT2D eigenvalue weighted by atomic mass is 10.0. The van der Waals surface area contributed by atoms with Gasteiger partial charge in [-0.1, -0.05) is 41.4 Å². The smallest absolute Gasteiger partial charge is 0.409 e. The zero-order valence-electron chi connectivity index (χ0n) is 16.6. The normalized spacial score (nSPS) is 19.0. The van der Waals surface area contributed by atoms with Crippen molar-refractivity contribution in [2.45, 2.75) is 32.0 Å². The summed E-state index contributed by atoms with van der Waals surface area (Å²) in [4.78, 5) is 28.9. The van der Waals surface area contributed by atoms with Gasteiger partial charge in [0.15, 0.2) is 0 Å². The highest BCUT2D eigenvalue weighted by Crippen LogP contribution is 2.38. The van der Waals surface area contributed by atoms with Gasteiger partial charge in [0.1, 0.15) is 6.17 Å². The highest BCUT2D eigenvalue weighted by molar-refractivity contribution is 6.35. The number of halogens is 2. The van der Waals surface area contributed by atoms with E-state index < -0.39 is 0 Å². The molecule has 8 heteroatoms. The molecule has 2 heterocycles. The number of amides is 2. The molecular formula is C22H23Cl2N3O3. The third kappa shape index (κ3) is 4.07. The Kier molecular flexibility index (Phi) is 6.06. The highest BCUT2D eigenvalue weighted by atomic mass is 35.5. The van der Waals surface area contributed by atoms with E-state index in [1.165, 1.54) is 0 Å². The second-order valence-corrected chi connectivity index (χ2v) is 8.29. The lowest BCUT2D eigenvalue weighted by Gasteiger charge is -2.39. The van der Waals surface area contributed by atoms with Gasteiger partial charge < -0.3 is 19.9 Å². The Labute approximate surface area is 185 Å². The topological polar surface area (TPSA) is 61.9 Å². The number of ether oxygens (including phenoxy) is 1. The second kappa shape index (κ2) is 8.74. The molecule has 1 atom stereocenters. The molecule has 0 radical (unpaired) electrons. The molecule has 0 spiro atoms. The lowest BCUT2D eigenvalue weighted by Crippen LogP contribution is -2.49. The number of carbonyl (C=O) groups excluding carboxylic acids is 2. The standard InChI is InChI=1S/C22H23Cl2N3O3/c1-2-30-22(29)26-9-7-17(8-10-26)27-20(18-5-3-4-6-19(18)21(27)28)25-16-12-14(23)11-15(24)13-16/h3-6,11-13,17,20,25H,2,7-10H2,1H3/t20-/m0/s1. The van der Waals surface area contributed by atoms with Crippen LogP contribution in [-0.4, -0.2) is 47.5 Å². The average molecular weight is 448 g/mol. The number of rotatable bonds is 4. The molecule has 2 aliphatic rings. The number of nitrogens with one attached hydrogen (secondary N) is 1. The van der Waals surface area contributed by atoms with Crippen molar-refractivity contribution in [1.29, 1.82) is 0 Å². The highest BCUT2D eigenvalue weighted by Gasteiger charge is 2.42. The van der Waals surface area contributed by atoms with E-state index in [2.05, 4.69) is 5.32 Å². The minimum Gasteiger partial charge on any atom is -0.450 e. The molecular weight excluding hydrogens is 425 g/mol. The largest absolute Gasteiger partial charge is 0.450 e. The Morgan fingerprint density at radius 3 is 2.47 bits per heavy atom. The van der Waals surface area contributed by atoms with E-state index in [0.717, 1.165) is 11.3 Å². The summed E-state index contributed by atoms with van der Waals surface area (Å²) in [5, 5.41) is 4.49. The Bertz CT molecular complexity index is 940. The van der Waals surface area contributed by atoms with Crippen molar-refractivity contribution in [2.75, 3.05) is 25.0 Å². The van der Waals surface area contributed by atoms with E-state index in [4.69, 9.17) is 27.9 Å². The van der Waals surface area contributed by atoms with Crippen molar-refractivity contribution in [3.8, 4) is 0 Å². The molecule has 0 bridgehead atoms. The molecule has 0 saturated carbocycles. The van der Waals surface area contributed by atoms with Gasteiger partial charge in [0.25, 0.3) is 5.91 Å². The maximum absolute atomic E-state index is 13.3. The van der Waals surface area contributed by atoms with Crippen molar-refractivity contribution in [3.63, 3.8) is 0 Å². The molecule has 30 heavy (non-hydrogen) atoms. The summed E-state index contributed by atoms with van der Waals surface area (Å²) < 4.78 is 5.11. The first-order valence-corrected chi connectivity index (χ1v) is 10.8. The molecule has 0 unspecified atom stereocenters. The monoisotopic (exact) mass is 447 g/mol. The van der Waals surface area contributed by atoms with Gasteiger partial charge in [-0.05, 0) is 44.0 Å². The number of benzene rings is 2. The summed E-state index contributed by atoms with van der Waals surface area (Å²) >= 11 is 12.3. The van der Waals surface area contributed by atoms with Crippen LogP contribution < -0.4 is 5.32 Å². The van der Waals surface area contributed by atoms with E-state index in [1.807, 2.05) is 29.2 Å². The molecule has 0 aliphatic carbocycles. The number of hydrogen-bond acceptors (Lipinski definition) is 4. The first-order valence-electron chi connectivity index (χ1n) is 10.0. The molecule has 0 aromatic heterocycles. The molecule has 158 valence electrons. The van der Waals surface area contributed by atoms with E-state index in [-0.39, 0.29) is 24.2 Å². The summed E-state index contributed by atoms with van der Waals surface area (Å²) in [5.74, 6) is -0.00851. The van der Waals surface area contributed by atoms with E-state index in [1.54, 1.807) is 30.0 Å². The van der Waals surface area contributed by atoms with Gasteiger partial charge in [0.05, 0.1) is 6.61 Å². The Hall–Kier alpha value is -2.44. The molecule has 2 aromatic rings. The number of piperidine rings is 1. The molecule has 2 aliphatic heterocycles. The molecule has 6 nitrogen and oxygen atoms in total. The fourth-order valence-corrected chi connectivity index (χ4v) is 4.72. The fourth-order valence-electron chi connectivity index (χ4n) is 4.20.